The molecule has 5 rings (SSSR count). The van der Waals surface area contributed by atoms with Crippen molar-refractivity contribution >= 4 is 5.91 Å². The van der Waals surface area contributed by atoms with Crippen molar-refractivity contribution < 1.29 is 9.53 Å². The first-order chi connectivity index (χ1) is 15.6. The molecule has 1 amide bonds. The first-order valence-electron chi connectivity index (χ1n) is 11.3. The summed E-state index contributed by atoms with van der Waals surface area (Å²) in [5.74, 6) is 1.12. The number of benzene rings is 2. The second-order valence-electron chi connectivity index (χ2n) is 8.98. The molecule has 32 heavy (non-hydrogen) atoms. The van der Waals surface area contributed by atoms with Crippen LogP contribution in [0.25, 0.3) is 0 Å². The SMILES string of the molecule is C[C@H]1CN(Cc2ccc(OCc3ccccc3)cc2)C[C@@H]1NC(=O)c1cn(C2CC2)nn1. The van der Waals surface area contributed by atoms with Gasteiger partial charge in [0.25, 0.3) is 5.91 Å². The predicted molar refractivity (Wildman–Crippen MR) is 121 cm³/mol. The lowest BCUT2D eigenvalue weighted by atomic mass is 10.1. The van der Waals surface area contributed by atoms with Crippen LogP contribution in [-0.2, 0) is 13.2 Å². The molecule has 1 saturated carbocycles. The lowest BCUT2D eigenvalue weighted by Crippen LogP contribution is -2.40. The highest BCUT2D eigenvalue weighted by Gasteiger charge is 2.32. The number of likely N-dealkylation sites (tertiary alicyclic amines) is 1. The number of amides is 1. The summed E-state index contributed by atoms with van der Waals surface area (Å²) in [4.78, 5) is 15.0. The van der Waals surface area contributed by atoms with E-state index in [1.165, 1.54) is 5.56 Å². The maximum absolute atomic E-state index is 12.6. The lowest BCUT2D eigenvalue weighted by Gasteiger charge is -2.17. The highest BCUT2D eigenvalue weighted by Crippen LogP contribution is 2.33. The lowest BCUT2D eigenvalue weighted by molar-refractivity contribution is 0.0926. The van der Waals surface area contributed by atoms with Crippen molar-refractivity contribution in [3.05, 3.63) is 77.6 Å². The summed E-state index contributed by atoms with van der Waals surface area (Å²) in [6, 6.07) is 19.0. The quantitative estimate of drug-likeness (QED) is 0.592. The van der Waals surface area contributed by atoms with Crippen molar-refractivity contribution in [1.82, 2.24) is 25.2 Å². The molecule has 1 aromatic heterocycles. The minimum absolute atomic E-state index is 0.113. The van der Waals surface area contributed by atoms with Crippen molar-refractivity contribution in [3.63, 3.8) is 0 Å². The van der Waals surface area contributed by atoms with Gasteiger partial charge in [-0.05, 0) is 42.0 Å². The maximum atomic E-state index is 12.6. The summed E-state index contributed by atoms with van der Waals surface area (Å²) in [7, 11) is 0. The number of carbonyl (C=O) groups excluding carboxylic acids is 1. The number of nitrogens with one attached hydrogen (secondary N) is 1. The van der Waals surface area contributed by atoms with Crippen LogP contribution in [0.5, 0.6) is 5.75 Å². The minimum Gasteiger partial charge on any atom is -0.489 e. The molecule has 1 N–H and O–H groups in total. The monoisotopic (exact) mass is 431 g/mol. The Morgan fingerprint density at radius 2 is 1.84 bits per heavy atom. The zero-order valence-corrected chi connectivity index (χ0v) is 18.4. The normalized spacial score (nSPS) is 20.9. The summed E-state index contributed by atoms with van der Waals surface area (Å²) >= 11 is 0. The molecule has 166 valence electrons. The molecule has 1 aliphatic carbocycles. The van der Waals surface area contributed by atoms with Crippen molar-refractivity contribution in [1.29, 1.82) is 0 Å². The Kier molecular flexibility index (Phi) is 5.90. The standard InChI is InChI=1S/C25H29N5O2/c1-18-13-29(15-23(18)26-25(31)24-16-30(28-27-24)21-9-10-21)14-19-7-11-22(12-8-19)32-17-20-5-3-2-4-6-20/h2-8,11-12,16,18,21,23H,9-10,13-15,17H2,1H3,(H,26,31)/t18-,23-/m0/s1. The van der Waals surface area contributed by atoms with Crippen LogP contribution in [0.1, 0.15) is 47.4 Å². The van der Waals surface area contributed by atoms with Gasteiger partial charge in [0.2, 0.25) is 0 Å². The average molecular weight is 432 g/mol. The predicted octanol–water partition coefficient (Wildman–Crippen LogP) is 3.44. The average Bonchev–Trinajstić information content (AvgIpc) is 3.44. The third-order valence-corrected chi connectivity index (χ3v) is 6.25. The number of hydrogen-bond acceptors (Lipinski definition) is 5. The molecule has 0 bridgehead atoms. The van der Waals surface area contributed by atoms with Crippen LogP contribution in [-0.4, -0.2) is 44.9 Å². The Bertz CT molecular complexity index is 1050. The van der Waals surface area contributed by atoms with E-state index in [0.29, 0.717) is 24.3 Å². The third-order valence-electron chi connectivity index (χ3n) is 6.25. The van der Waals surface area contributed by atoms with Gasteiger partial charge in [-0.15, -0.1) is 5.10 Å². The Labute approximate surface area is 188 Å². The first kappa shape index (κ1) is 20.7. The van der Waals surface area contributed by atoms with E-state index in [-0.39, 0.29) is 11.9 Å². The van der Waals surface area contributed by atoms with Crippen LogP contribution < -0.4 is 10.1 Å². The highest BCUT2D eigenvalue weighted by atomic mass is 16.5. The Morgan fingerprint density at radius 3 is 2.59 bits per heavy atom. The fraction of sp³-hybridized carbons (Fsp3) is 0.400. The van der Waals surface area contributed by atoms with E-state index in [0.717, 1.165) is 43.8 Å². The van der Waals surface area contributed by atoms with Gasteiger partial charge in [-0.2, -0.15) is 0 Å². The molecule has 2 fully saturated rings. The zero-order chi connectivity index (χ0) is 21.9. The van der Waals surface area contributed by atoms with E-state index in [1.807, 2.05) is 35.0 Å². The maximum Gasteiger partial charge on any atom is 0.273 e. The van der Waals surface area contributed by atoms with Crippen molar-refractivity contribution in [2.75, 3.05) is 13.1 Å². The van der Waals surface area contributed by atoms with E-state index >= 15 is 0 Å². The van der Waals surface area contributed by atoms with Crippen LogP contribution in [0.4, 0.5) is 0 Å². The van der Waals surface area contributed by atoms with E-state index in [9.17, 15) is 4.79 Å². The molecule has 1 aliphatic heterocycles. The summed E-state index contributed by atoms with van der Waals surface area (Å²) in [6.45, 7) is 5.39. The fourth-order valence-electron chi connectivity index (χ4n) is 4.21. The molecule has 2 atom stereocenters. The van der Waals surface area contributed by atoms with Gasteiger partial charge in [0, 0.05) is 25.7 Å². The van der Waals surface area contributed by atoms with Gasteiger partial charge >= 0.3 is 0 Å². The molecule has 2 aromatic carbocycles. The van der Waals surface area contributed by atoms with Crippen LogP contribution in [0, 0.1) is 5.92 Å². The molecular weight excluding hydrogens is 402 g/mol. The smallest absolute Gasteiger partial charge is 0.273 e. The zero-order valence-electron chi connectivity index (χ0n) is 18.4. The minimum atomic E-state index is -0.129. The van der Waals surface area contributed by atoms with E-state index in [2.05, 4.69) is 51.7 Å². The molecule has 2 heterocycles. The molecule has 2 aliphatic rings. The number of hydrogen-bond donors (Lipinski definition) is 1. The topological polar surface area (TPSA) is 72.3 Å². The molecule has 0 unspecified atom stereocenters. The third kappa shape index (κ3) is 4.99. The second-order valence-corrected chi connectivity index (χ2v) is 8.98. The van der Waals surface area contributed by atoms with Crippen LogP contribution in [0.15, 0.2) is 60.8 Å². The van der Waals surface area contributed by atoms with Crippen LogP contribution in [0.2, 0.25) is 0 Å². The second kappa shape index (κ2) is 9.12. The van der Waals surface area contributed by atoms with Crippen LogP contribution >= 0.6 is 0 Å². The molecule has 7 heteroatoms. The summed E-state index contributed by atoms with van der Waals surface area (Å²) < 4.78 is 7.70. The van der Waals surface area contributed by atoms with Gasteiger partial charge in [-0.25, -0.2) is 4.68 Å². The molecule has 0 radical (unpaired) electrons. The van der Waals surface area contributed by atoms with E-state index in [1.54, 1.807) is 6.20 Å². The number of ether oxygens (including phenoxy) is 1. The highest BCUT2D eigenvalue weighted by molar-refractivity contribution is 5.92. The summed E-state index contributed by atoms with van der Waals surface area (Å²) in [6.07, 6.45) is 4.02. The molecule has 7 nitrogen and oxygen atoms in total. The van der Waals surface area contributed by atoms with Crippen LogP contribution in [0.3, 0.4) is 0 Å². The summed E-state index contributed by atoms with van der Waals surface area (Å²) in [5.41, 5.74) is 2.81. The van der Waals surface area contributed by atoms with Gasteiger partial charge in [0.1, 0.15) is 12.4 Å². The molecular formula is C25H29N5O2. The van der Waals surface area contributed by atoms with Gasteiger partial charge in [0.05, 0.1) is 12.2 Å². The summed E-state index contributed by atoms with van der Waals surface area (Å²) in [5, 5.41) is 11.3. The number of carbonyl (C=O) groups is 1. The van der Waals surface area contributed by atoms with Crippen molar-refractivity contribution in [2.24, 2.45) is 5.92 Å². The number of aromatic nitrogens is 3. The fourth-order valence-corrected chi connectivity index (χ4v) is 4.21. The van der Waals surface area contributed by atoms with Gasteiger partial charge in [-0.1, -0.05) is 54.6 Å². The van der Waals surface area contributed by atoms with Gasteiger partial charge in [-0.3, -0.25) is 9.69 Å². The van der Waals surface area contributed by atoms with Gasteiger partial charge in [0.15, 0.2) is 5.69 Å². The Hall–Kier alpha value is -3.19. The number of rotatable bonds is 8. The van der Waals surface area contributed by atoms with Crippen molar-refractivity contribution in [2.45, 2.75) is 45.0 Å². The molecule has 3 aromatic rings. The van der Waals surface area contributed by atoms with E-state index in [4.69, 9.17) is 4.74 Å². The van der Waals surface area contributed by atoms with Crippen molar-refractivity contribution in [3.8, 4) is 5.75 Å². The van der Waals surface area contributed by atoms with E-state index < -0.39 is 0 Å². The molecule has 0 spiro atoms. The Balaban J connectivity index is 1.11. The molecule has 1 saturated heterocycles. The number of nitrogens with zero attached hydrogens (tertiary/aromatic N) is 4. The largest absolute Gasteiger partial charge is 0.489 e. The Morgan fingerprint density at radius 1 is 1.06 bits per heavy atom. The van der Waals surface area contributed by atoms with Gasteiger partial charge < -0.3 is 10.1 Å². The first-order valence-corrected chi connectivity index (χ1v) is 11.3.